The molecule has 1 amide bonds. The first-order valence-corrected chi connectivity index (χ1v) is 4.70. The molecule has 0 aliphatic carbocycles. The topological polar surface area (TPSA) is 29.1 Å². The van der Waals surface area contributed by atoms with Crippen LogP contribution in [0.1, 0.15) is 20.8 Å². The molecule has 0 fully saturated rings. The number of hydrogen-bond acceptors (Lipinski definition) is 1. The van der Waals surface area contributed by atoms with Crippen LogP contribution in [0, 0.1) is 5.92 Å². The van der Waals surface area contributed by atoms with Crippen molar-refractivity contribution in [2.45, 2.75) is 24.7 Å². The first-order valence-electron chi connectivity index (χ1n) is 3.45. The number of alkyl halides is 1. The lowest BCUT2D eigenvalue weighted by Crippen LogP contribution is -2.32. The van der Waals surface area contributed by atoms with Crippen molar-refractivity contribution in [1.82, 2.24) is 5.32 Å². The third-order valence-electron chi connectivity index (χ3n) is 1.05. The van der Waals surface area contributed by atoms with Crippen LogP contribution in [0.2, 0.25) is 0 Å². The van der Waals surface area contributed by atoms with Gasteiger partial charge in [0.1, 0.15) is 0 Å². The van der Waals surface area contributed by atoms with Crippen molar-refractivity contribution in [3.8, 4) is 0 Å². The third-order valence-corrected chi connectivity index (χ3v) is 1.61. The summed E-state index contributed by atoms with van der Waals surface area (Å²) < 4.78 is 0.0800. The van der Waals surface area contributed by atoms with Crippen LogP contribution in [-0.2, 0) is 4.79 Å². The first-order chi connectivity index (χ1) is 4.54. The number of carbonyl (C=O) groups excluding carboxylic acids is 1. The molecular weight excluding hydrogens is 241 g/mol. The largest absolute Gasteiger partial charge is 0.355 e. The van der Waals surface area contributed by atoms with Crippen LogP contribution in [0.25, 0.3) is 0 Å². The van der Waals surface area contributed by atoms with Crippen LogP contribution < -0.4 is 5.32 Å². The van der Waals surface area contributed by atoms with Gasteiger partial charge in [0.05, 0.1) is 3.92 Å². The van der Waals surface area contributed by atoms with Gasteiger partial charge in [0, 0.05) is 6.54 Å². The lowest BCUT2D eigenvalue weighted by molar-refractivity contribution is -0.120. The Balaban J connectivity index is 3.40. The van der Waals surface area contributed by atoms with Crippen molar-refractivity contribution in [2.75, 3.05) is 6.54 Å². The quantitative estimate of drug-likeness (QED) is 0.602. The van der Waals surface area contributed by atoms with Gasteiger partial charge in [-0.25, -0.2) is 0 Å². The molecule has 0 aromatic rings. The van der Waals surface area contributed by atoms with E-state index in [2.05, 4.69) is 41.8 Å². The monoisotopic (exact) mass is 255 g/mol. The first kappa shape index (κ1) is 10.2. The Morgan fingerprint density at radius 3 is 2.30 bits per heavy atom. The Labute approximate surface area is 75.9 Å². The summed E-state index contributed by atoms with van der Waals surface area (Å²) >= 11 is 2.10. The molecule has 0 spiro atoms. The van der Waals surface area contributed by atoms with Gasteiger partial charge >= 0.3 is 0 Å². The standard InChI is InChI=1S/C7H14INO/c1-5(2)4-9-7(10)6(3)8/h5-6H,4H2,1-3H3,(H,9,10). The van der Waals surface area contributed by atoms with Gasteiger partial charge < -0.3 is 5.32 Å². The number of halogens is 1. The zero-order chi connectivity index (χ0) is 8.15. The predicted octanol–water partition coefficient (Wildman–Crippen LogP) is 1.58. The van der Waals surface area contributed by atoms with Crippen molar-refractivity contribution in [1.29, 1.82) is 0 Å². The molecule has 0 aromatic carbocycles. The minimum atomic E-state index is 0.0800. The van der Waals surface area contributed by atoms with E-state index in [0.717, 1.165) is 6.54 Å². The molecule has 0 heterocycles. The van der Waals surface area contributed by atoms with Gasteiger partial charge in [-0.05, 0) is 12.8 Å². The van der Waals surface area contributed by atoms with E-state index in [9.17, 15) is 4.79 Å². The fourth-order valence-electron chi connectivity index (χ4n) is 0.445. The molecule has 0 radical (unpaired) electrons. The number of carbonyl (C=O) groups is 1. The van der Waals surface area contributed by atoms with Gasteiger partial charge in [-0.2, -0.15) is 0 Å². The smallest absolute Gasteiger partial charge is 0.232 e. The summed E-state index contributed by atoms with van der Waals surface area (Å²) in [7, 11) is 0. The Morgan fingerprint density at radius 1 is 1.50 bits per heavy atom. The SMILES string of the molecule is CC(C)CNC(=O)C(C)I. The summed E-state index contributed by atoms with van der Waals surface area (Å²) in [6.45, 7) is 6.83. The van der Waals surface area contributed by atoms with Crippen molar-refractivity contribution in [3.05, 3.63) is 0 Å². The zero-order valence-corrected chi connectivity index (χ0v) is 8.81. The van der Waals surface area contributed by atoms with Crippen molar-refractivity contribution in [3.63, 3.8) is 0 Å². The minimum absolute atomic E-state index is 0.0800. The normalized spacial score (nSPS) is 13.3. The molecule has 1 atom stereocenters. The van der Waals surface area contributed by atoms with E-state index < -0.39 is 0 Å². The fourth-order valence-corrected chi connectivity index (χ4v) is 0.666. The highest BCUT2D eigenvalue weighted by Crippen LogP contribution is 1.97. The van der Waals surface area contributed by atoms with Crippen LogP contribution in [0.4, 0.5) is 0 Å². The minimum Gasteiger partial charge on any atom is -0.355 e. The van der Waals surface area contributed by atoms with Gasteiger partial charge in [-0.3, -0.25) is 4.79 Å². The molecule has 0 saturated heterocycles. The maximum atomic E-state index is 10.9. The molecule has 0 bridgehead atoms. The second-order valence-electron chi connectivity index (χ2n) is 2.76. The van der Waals surface area contributed by atoms with Gasteiger partial charge in [0.2, 0.25) is 5.91 Å². The molecule has 0 rings (SSSR count). The van der Waals surface area contributed by atoms with Gasteiger partial charge in [-0.1, -0.05) is 36.4 Å². The molecule has 3 heteroatoms. The molecule has 60 valence electrons. The lowest BCUT2D eigenvalue weighted by atomic mass is 10.2. The number of rotatable bonds is 3. The molecule has 0 aliphatic rings. The Bertz CT molecular complexity index is 112. The molecule has 0 aliphatic heterocycles. The molecule has 1 unspecified atom stereocenters. The van der Waals surface area contributed by atoms with E-state index in [0.29, 0.717) is 5.92 Å². The number of hydrogen-bond donors (Lipinski definition) is 1. The molecule has 0 saturated carbocycles. The van der Waals surface area contributed by atoms with E-state index in [1.165, 1.54) is 0 Å². The van der Waals surface area contributed by atoms with Crippen LogP contribution in [0.5, 0.6) is 0 Å². The van der Waals surface area contributed by atoms with Crippen molar-refractivity contribution < 1.29 is 4.79 Å². The van der Waals surface area contributed by atoms with E-state index >= 15 is 0 Å². The van der Waals surface area contributed by atoms with E-state index in [-0.39, 0.29) is 9.83 Å². The molecular formula is C7H14INO. The highest BCUT2D eigenvalue weighted by atomic mass is 127. The van der Waals surface area contributed by atoms with Crippen LogP contribution >= 0.6 is 22.6 Å². The molecule has 10 heavy (non-hydrogen) atoms. The highest BCUT2D eigenvalue weighted by molar-refractivity contribution is 14.1. The maximum Gasteiger partial charge on any atom is 0.232 e. The summed E-state index contributed by atoms with van der Waals surface area (Å²) in [6, 6.07) is 0. The van der Waals surface area contributed by atoms with Gasteiger partial charge in [-0.15, -0.1) is 0 Å². The van der Waals surface area contributed by atoms with Crippen LogP contribution in [-0.4, -0.2) is 16.4 Å². The van der Waals surface area contributed by atoms with Gasteiger partial charge in [0.25, 0.3) is 0 Å². The zero-order valence-electron chi connectivity index (χ0n) is 6.65. The Morgan fingerprint density at radius 2 is 2.00 bits per heavy atom. The average Bonchev–Trinajstić information content (AvgIpc) is 1.82. The van der Waals surface area contributed by atoms with E-state index in [1.807, 2.05) is 6.92 Å². The molecule has 0 aromatic heterocycles. The average molecular weight is 255 g/mol. The summed E-state index contributed by atoms with van der Waals surface area (Å²) in [5.41, 5.74) is 0. The predicted molar refractivity (Wildman–Crippen MR) is 51.3 cm³/mol. The highest BCUT2D eigenvalue weighted by Gasteiger charge is 2.06. The van der Waals surface area contributed by atoms with E-state index in [4.69, 9.17) is 0 Å². The maximum absolute atomic E-state index is 10.9. The lowest BCUT2D eigenvalue weighted by Gasteiger charge is -2.08. The number of amides is 1. The van der Waals surface area contributed by atoms with Crippen LogP contribution in [0.15, 0.2) is 0 Å². The molecule has 1 N–H and O–H groups in total. The summed E-state index contributed by atoms with van der Waals surface area (Å²) in [4.78, 5) is 10.9. The Kier molecular flexibility index (Phi) is 5.03. The summed E-state index contributed by atoms with van der Waals surface area (Å²) in [5.74, 6) is 0.674. The Hall–Kier alpha value is 0.200. The second-order valence-corrected chi connectivity index (χ2v) is 4.62. The second kappa shape index (κ2) is 4.93. The van der Waals surface area contributed by atoms with Crippen molar-refractivity contribution in [2.24, 2.45) is 5.92 Å². The molecule has 2 nitrogen and oxygen atoms in total. The summed E-state index contributed by atoms with van der Waals surface area (Å²) in [5, 5.41) is 2.84. The summed E-state index contributed by atoms with van der Waals surface area (Å²) in [6.07, 6.45) is 0. The van der Waals surface area contributed by atoms with E-state index in [1.54, 1.807) is 0 Å². The van der Waals surface area contributed by atoms with Crippen molar-refractivity contribution >= 4 is 28.5 Å². The third kappa shape index (κ3) is 5.02. The number of nitrogens with one attached hydrogen (secondary N) is 1. The van der Waals surface area contributed by atoms with Crippen LogP contribution in [0.3, 0.4) is 0 Å². The van der Waals surface area contributed by atoms with Gasteiger partial charge in [0.15, 0.2) is 0 Å². The fraction of sp³-hybridized carbons (Fsp3) is 0.857.